The van der Waals surface area contributed by atoms with Gasteiger partial charge in [-0.3, -0.25) is 0 Å². The normalized spacial score (nSPS) is 30.6. The molecule has 1 N–H and O–H groups in total. The van der Waals surface area contributed by atoms with Crippen LogP contribution in [0.25, 0.3) is 0 Å². The van der Waals surface area contributed by atoms with Crippen LogP contribution in [0.3, 0.4) is 0 Å². The Kier molecular flexibility index (Phi) is 2.40. The minimum Gasteiger partial charge on any atom is -0.467 e. The molecule has 1 saturated carbocycles. The van der Waals surface area contributed by atoms with Crippen LogP contribution in [0.15, 0.2) is 22.8 Å². The highest BCUT2D eigenvalue weighted by molar-refractivity contribution is 5.04. The van der Waals surface area contributed by atoms with Crippen molar-refractivity contribution in [3.8, 4) is 0 Å². The maximum absolute atomic E-state index is 9.93. The molecule has 0 radical (unpaired) electrons. The van der Waals surface area contributed by atoms with E-state index in [-0.39, 0.29) is 6.10 Å². The Morgan fingerprint density at radius 3 is 2.92 bits per heavy atom. The molecule has 1 fully saturated rings. The first-order valence-corrected chi connectivity index (χ1v) is 4.99. The lowest BCUT2D eigenvalue weighted by Gasteiger charge is -2.15. The molecule has 3 atom stereocenters. The van der Waals surface area contributed by atoms with E-state index >= 15 is 0 Å². The van der Waals surface area contributed by atoms with Crippen LogP contribution < -0.4 is 0 Å². The smallest absolute Gasteiger partial charge is 0.132 e. The summed E-state index contributed by atoms with van der Waals surface area (Å²) in [4.78, 5) is 0. The van der Waals surface area contributed by atoms with Gasteiger partial charge >= 0.3 is 0 Å². The lowest BCUT2D eigenvalue weighted by atomic mass is 9.98. The van der Waals surface area contributed by atoms with Gasteiger partial charge in [0, 0.05) is 0 Å². The molecule has 0 aromatic carbocycles. The summed E-state index contributed by atoms with van der Waals surface area (Å²) >= 11 is 0. The summed E-state index contributed by atoms with van der Waals surface area (Å²) in [6, 6.07) is 3.69. The molecular weight excluding hydrogens is 164 g/mol. The van der Waals surface area contributed by atoms with Crippen LogP contribution in [0.5, 0.6) is 0 Å². The van der Waals surface area contributed by atoms with Crippen molar-refractivity contribution in [2.24, 2.45) is 11.8 Å². The predicted molar refractivity (Wildman–Crippen MR) is 50.2 cm³/mol. The average molecular weight is 180 g/mol. The van der Waals surface area contributed by atoms with Crippen LogP contribution in [0.4, 0.5) is 0 Å². The molecule has 0 spiro atoms. The second-order valence-corrected chi connectivity index (χ2v) is 4.14. The van der Waals surface area contributed by atoms with Crippen LogP contribution in [0.1, 0.15) is 38.1 Å². The zero-order valence-corrected chi connectivity index (χ0v) is 7.94. The van der Waals surface area contributed by atoms with E-state index in [1.807, 2.05) is 12.1 Å². The number of rotatable bonds is 2. The maximum atomic E-state index is 9.93. The van der Waals surface area contributed by atoms with Crippen LogP contribution in [0, 0.1) is 11.8 Å². The van der Waals surface area contributed by atoms with E-state index in [9.17, 15) is 5.11 Å². The zero-order chi connectivity index (χ0) is 9.26. The summed E-state index contributed by atoms with van der Waals surface area (Å²) in [5, 5.41) is 9.93. The van der Waals surface area contributed by atoms with Crippen molar-refractivity contribution >= 4 is 0 Å². The number of hydrogen-bond donors (Lipinski definition) is 1. The number of aliphatic hydroxyl groups excluding tert-OH is 1. The fourth-order valence-corrected chi connectivity index (χ4v) is 2.23. The second kappa shape index (κ2) is 3.54. The van der Waals surface area contributed by atoms with Gasteiger partial charge in [-0.2, -0.15) is 0 Å². The molecule has 1 aromatic heterocycles. The van der Waals surface area contributed by atoms with Gasteiger partial charge in [0.2, 0.25) is 0 Å². The Morgan fingerprint density at radius 1 is 1.54 bits per heavy atom. The molecule has 3 unspecified atom stereocenters. The number of furan rings is 1. The third kappa shape index (κ3) is 1.78. The van der Waals surface area contributed by atoms with E-state index in [4.69, 9.17) is 4.42 Å². The molecule has 0 saturated heterocycles. The molecule has 2 nitrogen and oxygen atoms in total. The first-order chi connectivity index (χ1) is 6.27. The highest BCUT2D eigenvalue weighted by atomic mass is 16.4. The lowest BCUT2D eigenvalue weighted by Crippen LogP contribution is -2.08. The zero-order valence-electron chi connectivity index (χ0n) is 7.94. The molecule has 1 heterocycles. The van der Waals surface area contributed by atoms with Gasteiger partial charge in [-0.15, -0.1) is 0 Å². The summed E-state index contributed by atoms with van der Waals surface area (Å²) in [5.41, 5.74) is 0. The van der Waals surface area contributed by atoms with Crippen molar-refractivity contribution in [2.75, 3.05) is 0 Å². The van der Waals surface area contributed by atoms with Gasteiger partial charge in [0.25, 0.3) is 0 Å². The first kappa shape index (κ1) is 8.82. The molecule has 13 heavy (non-hydrogen) atoms. The standard InChI is InChI=1S/C11H16O2/c1-8-4-5-9(7-8)11(12)10-3-2-6-13-10/h2-3,6,8-9,11-12H,4-5,7H2,1H3. The minimum absolute atomic E-state index is 0.389. The molecule has 1 aliphatic rings. The molecule has 0 aliphatic heterocycles. The second-order valence-electron chi connectivity index (χ2n) is 4.14. The fourth-order valence-electron chi connectivity index (χ4n) is 2.23. The maximum Gasteiger partial charge on any atom is 0.132 e. The summed E-state index contributed by atoms with van der Waals surface area (Å²) in [5.74, 6) is 1.88. The lowest BCUT2D eigenvalue weighted by molar-refractivity contribution is 0.0870. The van der Waals surface area contributed by atoms with E-state index < -0.39 is 0 Å². The number of hydrogen-bond acceptors (Lipinski definition) is 2. The number of aliphatic hydroxyl groups is 1. The highest BCUT2D eigenvalue weighted by Crippen LogP contribution is 2.38. The quantitative estimate of drug-likeness (QED) is 0.759. The van der Waals surface area contributed by atoms with Gasteiger partial charge < -0.3 is 9.52 Å². The fraction of sp³-hybridized carbons (Fsp3) is 0.636. The van der Waals surface area contributed by atoms with E-state index in [2.05, 4.69) is 6.92 Å². The highest BCUT2D eigenvalue weighted by Gasteiger charge is 2.29. The van der Waals surface area contributed by atoms with E-state index in [1.54, 1.807) is 6.26 Å². The van der Waals surface area contributed by atoms with Crippen molar-refractivity contribution in [1.82, 2.24) is 0 Å². The van der Waals surface area contributed by atoms with Crippen molar-refractivity contribution in [2.45, 2.75) is 32.3 Å². The Hall–Kier alpha value is -0.760. The van der Waals surface area contributed by atoms with Crippen LogP contribution >= 0.6 is 0 Å². The molecule has 72 valence electrons. The van der Waals surface area contributed by atoms with E-state index in [0.717, 1.165) is 24.5 Å². The SMILES string of the molecule is CC1CCC(C(O)c2ccco2)C1. The van der Waals surface area contributed by atoms with Crippen molar-refractivity contribution in [1.29, 1.82) is 0 Å². The first-order valence-electron chi connectivity index (χ1n) is 4.99. The van der Waals surface area contributed by atoms with Gasteiger partial charge in [-0.05, 0) is 36.8 Å². The predicted octanol–water partition coefficient (Wildman–Crippen LogP) is 2.75. The molecule has 2 heteroatoms. The largest absolute Gasteiger partial charge is 0.467 e. The van der Waals surface area contributed by atoms with Gasteiger partial charge in [0.05, 0.1) is 6.26 Å². The molecule has 0 amide bonds. The third-order valence-electron chi connectivity index (χ3n) is 3.02. The van der Waals surface area contributed by atoms with Crippen molar-refractivity contribution in [3.63, 3.8) is 0 Å². The minimum atomic E-state index is -0.389. The Bertz CT molecular complexity index is 253. The molecule has 0 bridgehead atoms. The van der Waals surface area contributed by atoms with Crippen LogP contribution in [0.2, 0.25) is 0 Å². The molecule has 2 rings (SSSR count). The van der Waals surface area contributed by atoms with E-state index in [1.165, 1.54) is 6.42 Å². The Morgan fingerprint density at radius 2 is 2.38 bits per heavy atom. The summed E-state index contributed by atoms with van der Waals surface area (Å²) in [6.07, 6.45) is 4.73. The Labute approximate surface area is 78.6 Å². The Balaban J connectivity index is 2.02. The average Bonchev–Trinajstić information content (AvgIpc) is 2.72. The van der Waals surface area contributed by atoms with Gasteiger partial charge in [-0.1, -0.05) is 13.3 Å². The van der Waals surface area contributed by atoms with Gasteiger partial charge in [0.15, 0.2) is 0 Å². The van der Waals surface area contributed by atoms with Crippen molar-refractivity contribution < 1.29 is 9.52 Å². The molecule has 1 aromatic rings. The molecule has 1 aliphatic carbocycles. The molecular formula is C11H16O2. The summed E-state index contributed by atoms with van der Waals surface area (Å²) in [6.45, 7) is 2.24. The summed E-state index contributed by atoms with van der Waals surface area (Å²) < 4.78 is 5.19. The topological polar surface area (TPSA) is 33.4 Å². The third-order valence-corrected chi connectivity index (χ3v) is 3.02. The van der Waals surface area contributed by atoms with Gasteiger partial charge in [-0.25, -0.2) is 0 Å². The monoisotopic (exact) mass is 180 g/mol. The van der Waals surface area contributed by atoms with E-state index in [0.29, 0.717) is 5.92 Å². The van der Waals surface area contributed by atoms with Crippen LogP contribution in [-0.4, -0.2) is 5.11 Å². The summed E-state index contributed by atoms with van der Waals surface area (Å²) in [7, 11) is 0. The van der Waals surface area contributed by atoms with Crippen molar-refractivity contribution in [3.05, 3.63) is 24.2 Å². The van der Waals surface area contributed by atoms with Gasteiger partial charge in [0.1, 0.15) is 11.9 Å². The van der Waals surface area contributed by atoms with Crippen LogP contribution in [-0.2, 0) is 0 Å².